The van der Waals surface area contributed by atoms with Crippen molar-refractivity contribution in [1.29, 1.82) is 5.26 Å². The van der Waals surface area contributed by atoms with Gasteiger partial charge in [-0.2, -0.15) is 10.2 Å². The molecule has 3 unspecified atom stereocenters. The van der Waals surface area contributed by atoms with E-state index in [1.165, 1.54) is 14.2 Å². The summed E-state index contributed by atoms with van der Waals surface area (Å²) in [5, 5.41) is 12.4. The van der Waals surface area contributed by atoms with E-state index in [0.29, 0.717) is 43.2 Å². The van der Waals surface area contributed by atoms with Gasteiger partial charge in [0.1, 0.15) is 23.2 Å². The molecule has 11 heteroatoms. The van der Waals surface area contributed by atoms with Crippen molar-refractivity contribution in [3.8, 4) is 17.6 Å². The number of anilines is 2. The highest BCUT2D eigenvalue weighted by atomic mass is 16.5. The third-order valence-corrected chi connectivity index (χ3v) is 6.37. The van der Waals surface area contributed by atoms with E-state index in [1.54, 1.807) is 30.0 Å². The first-order valence-electron chi connectivity index (χ1n) is 11.4. The van der Waals surface area contributed by atoms with E-state index in [9.17, 15) is 19.6 Å². The second kappa shape index (κ2) is 10.0. The fourth-order valence-electron chi connectivity index (χ4n) is 4.68. The van der Waals surface area contributed by atoms with Crippen LogP contribution in [0.5, 0.6) is 11.5 Å². The van der Waals surface area contributed by atoms with Gasteiger partial charge in [0.05, 0.1) is 38.4 Å². The molecule has 35 heavy (non-hydrogen) atoms. The molecule has 0 radical (unpaired) electrons. The topological polar surface area (TPSA) is 147 Å². The molecule has 1 saturated heterocycles. The molecular formula is C24H27N5O6. The molecule has 1 fully saturated rings. The number of hydrogen-bond donors (Lipinski definition) is 2. The third-order valence-electron chi connectivity index (χ3n) is 6.37. The number of carbonyl (C=O) groups excluding carboxylic acids is 2. The molecule has 1 aromatic heterocycles. The van der Waals surface area contributed by atoms with Crippen molar-refractivity contribution < 1.29 is 23.8 Å². The number of rotatable bonds is 6. The zero-order valence-corrected chi connectivity index (χ0v) is 19.8. The number of nitrogens with zero attached hydrogens (tertiary/aromatic N) is 3. The maximum atomic E-state index is 13.4. The van der Waals surface area contributed by atoms with E-state index in [0.717, 1.165) is 6.42 Å². The number of benzene rings is 1. The van der Waals surface area contributed by atoms with Crippen molar-refractivity contribution in [2.45, 2.75) is 25.7 Å². The van der Waals surface area contributed by atoms with Crippen LogP contribution in [0.25, 0.3) is 0 Å². The first kappa shape index (κ1) is 24.1. The van der Waals surface area contributed by atoms with Gasteiger partial charge in [-0.25, -0.2) is 0 Å². The van der Waals surface area contributed by atoms with Gasteiger partial charge < -0.3 is 24.4 Å². The molecule has 0 saturated carbocycles. The summed E-state index contributed by atoms with van der Waals surface area (Å²) in [4.78, 5) is 47.6. The Labute approximate surface area is 202 Å². The van der Waals surface area contributed by atoms with Gasteiger partial charge in [-0.3, -0.25) is 19.4 Å². The number of carbonyl (C=O) groups is 2. The Kier molecular flexibility index (Phi) is 6.91. The molecule has 0 bridgehead atoms. The maximum absolute atomic E-state index is 13.4. The van der Waals surface area contributed by atoms with Crippen molar-refractivity contribution in [3.63, 3.8) is 0 Å². The van der Waals surface area contributed by atoms with Gasteiger partial charge in [-0.15, -0.1) is 0 Å². The molecule has 2 aromatic rings. The second-order valence-electron chi connectivity index (χ2n) is 8.37. The molecule has 1 aromatic carbocycles. The Morgan fingerprint density at radius 3 is 2.77 bits per heavy atom. The quantitative estimate of drug-likeness (QED) is 0.589. The van der Waals surface area contributed by atoms with Crippen LogP contribution >= 0.6 is 0 Å². The number of piperidine rings is 1. The highest BCUT2D eigenvalue weighted by Crippen LogP contribution is 2.43. The molecule has 184 valence electrons. The molecular weight excluding hydrogens is 454 g/mol. The molecule has 1 amide bonds. The first-order valence-corrected chi connectivity index (χ1v) is 11.4. The summed E-state index contributed by atoms with van der Waals surface area (Å²) in [7, 11) is 2.98. The number of H-pyrrole nitrogens is 1. The normalized spacial score (nSPS) is 21.4. The van der Waals surface area contributed by atoms with E-state index >= 15 is 0 Å². The summed E-state index contributed by atoms with van der Waals surface area (Å²) in [5.41, 5.74) is 0.185. The first-order chi connectivity index (χ1) is 16.9. The fourth-order valence-corrected chi connectivity index (χ4v) is 4.68. The number of esters is 1. The molecule has 4 rings (SSSR count). The number of fused-ring (bicyclic) bond motifs is 1. The lowest BCUT2D eigenvalue weighted by Crippen LogP contribution is -2.43. The van der Waals surface area contributed by atoms with E-state index in [1.807, 2.05) is 6.07 Å². The number of ether oxygens (including phenoxy) is 3. The summed E-state index contributed by atoms with van der Waals surface area (Å²) in [6, 6.07) is 7.01. The monoisotopic (exact) mass is 481 g/mol. The molecule has 2 aliphatic rings. The van der Waals surface area contributed by atoms with Crippen LogP contribution in [0.4, 0.5) is 11.8 Å². The van der Waals surface area contributed by atoms with Crippen molar-refractivity contribution >= 4 is 23.6 Å². The lowest BCUT2D eigenvalue weighted by atomic mass is 9.78. The lowest BCUT2D eigenvalue weighted by molar-refractivity contribution is -0.148. The van der Waals surface area contributed by atoms with Gasteiger partial charge in [0.2, 0.25) is 11.9 Å². The SMILES string of the molecule is CCOC(=O)C1CCCN(c2nc3c(c(=O)[nH]2)C(c2ccc(OC)cc2OC)C(C#N)C(=O)N3)C1. The number of hydrogen-bond acceptors (Lipinski definition) is 9. The molecule has 2 N–H and O–H groups in total. The van der Waals surface area contributed by atoms with Gasteiger partial charge in [-0.05, 0) is 25.8 Å². The molecule has 3 heterocycles. The predicted octanol–water partition coefficient (Wildman–Crippen LogP) is 1.79. The lowest BCUT2D eigenvalue weighted by Gasteiger charge is -2.33. The summed E-state index contributed by atoms with van der Waals surface area (Å²) in [6.07, 6.45) is 1.41. The predicted molar refractivity (Wildman–Crippen MR) is 126 cm³/mol. The van der Waals surface area contributed by atoms with Gasteiger partial charge in [0, 0.05) is 30.6 Å². The Morgan fingerprint density at radius 2 is 2.09 bits per heavy atom. The highest BCUT2D eigenvalue weighted by Gasteiger charge is 2.42. The maximum Gasteiger partial charge on any atom is 0.310 e. The van der Waals surface area contributed by atoms with E-state index in [4.69, 9.17) is 14.2 Å². The molecule has 2 aliphatic heterocycles. The Hall–Kier alpha value is -4.07. The van der Waals surface area contributed by atoms with Crippen LogP contribution in [0.3, 0.4) is 0 Å². The fraction of sp³-hybridized carbons (Fsp3) is 0.458. The number of aromatic amines is 1. The van der Waals surface area contributed by atoms with Crippen LogP contribution in [-0.2, 0) is 14.3 Å². The zero-order valence-electron chi connectivity index (χ0n) is 19.8. The van der Waals surface area contributed by atoms with E-state index in [-0.39, 0.29) is 29.2 Å². The van der Waals surface area contributed by atoms with Crippen molar-refractivity contribution in [3.05, 3.63) is 39.7 Å². The number of methoxy groups -OCH3 is 2. The molecule has 0 aliphatic carbocycles. The summed E-state index contributed by atoms with van der Waals surface area (Å²) in [6.45, 7) is 2.98. The number of nitriles is 1. The van der Waals surface area contributed by atoms with Crippen LogP contribution in [0.2, 0.25) is 0 Å². The standard InChI is InChI=1S/C24H27N5O6/c1-4-35-23(32)13-6-5-9-29(12-13)24-27-20-19(22(31)28-24)18(16(11-25)21(30)26-20)15-8-7-14(33-2)10-17(15)34-3/h7-8,10,13,16,18H,4-6,9,12H2,1-3H3,(H2,26,27,28,30,31). The molecule has 3 atom stereocenters. The molecule has 11 nitrogen and oxygen atoms in total. The van der Waals surface area contributed by atoms with Crippen molar-refractivity contribution in [1.82, 2.24) is 9.97 Å². The minimum absolute atomic E-state index is 0.0846. The van der Waals surface area contributed by atoms with Gasteiger partial charge in [0.15, 0.2) is 0 Å². The average Bonchev–Trinajstić information content (AvgIpc) is 2.87. The van der Waals surface area contributed by atoms with Gasteiger partial charge in [0.25, 0.3) is 5.56 Å². The van der Waals surface area contributed by atoms with Crippen LogP contribution in [-0.4, -0.2) is 55.8 Å². The Morgan fingerprint density at radius 1 is 1.29 bits per heavy atom. The number of amides is 1. The van der Waals surface area contributed by atoms with Crippen LogP contribution in [0.15, 0.2) is 23.0 Å². The largest absolute Gasteiger partial charge is 0.497 e. The average molecular weight is 482 g/mol. The summed E-state index contributed by atoms with van der Waals surface area (Å²) in [5.74, 6) is -2.00. The van der Waals surface area contributed by atoms with Gasteiger partial charge in [-0.1, -0.05) is 6.07 Å². The Bertz CT molecular complexity index is 1240. The van der Waals surface area contributed by atoms with Crippen molar-refractivity contribution in [2.75, 3.05) is 44.1 Å². The summed E-state index contributed by atoms with van der Waals surface area (Å²) < 4.78 is 15.9. The number of nitrogens with one attached hydrogen (secondary N) is 2. The molecule has 0 spiro atoms. The van der Waals surface area contributed by atoms with Crippen LogP contribution in [0.1, 0.15) is 36.8 Å². The van der Waals surface area contributed by atoms with E-state index in [2.05, 4.69) is 15.3 Å². The minimum atomic E-state index is -1.17. The second-order valence-corrected chi connectivity index (χ2v) is 8.37. The zero-order chi connectivity index (χ0) is 25.1. The minimum Gasteiger partial charge on any atom is -0.497 e. The Balaban J connectivity index is 1.77. The highest BCUT2D eigenvalue weighted by molar-refractivity contribution is 5.98. The van der Waals surface area contributed by atoms with Crippen LogP contribution in [0, 0.1) is 23.2 Å². The van der Waals surface area contributed by atoms with Crippen molar-refractivity contribution in [2.24, 2.45) is 11.8 Å². The van der Waals surface area contributed by atoms with Crippen LogP contribution < -0.4 is 25.2 Å². The number of aromatic nitrogens is 2. The van der Waals surface area contributed by atoms with Gasteiger partial charge >= 0.3 is 5.97 Å². The smallest absolute Gasteiger partial charge is 0.310 e. The third kappa shape index (κ3) is 4.51. The van der Waals surface area contributed by atoms with E-state index < -0.39 is 23.3 Å². The summed E-state index contributed by atoms with van der Waals surface area (Å²) >= 11 is 0.